The van der Waals surface area contributed by atoms with E-state index in [-0.39, 0.29) is 78.0 Å². The Morgan fingerprint density at radius 1 is 0.637 bits per heavy atom. The Hall–Kier alpha value is -8.52. The molecule has 0 amide bonds. The number of ether oxygens (including phenoxy) is 1. The fourth-order valence-corrected chi connectivity index (χ4v) is 10.4. The van der Waals surface area contributed by atoms with Crippen LogP contribution in [0, 0.1) is 18.8 Å². The Morgan fingerprint density at radius 3 is 1.94 bits per heavy atom. The smallest absolute Gasteiger partial charge is 0.213 e. The fraction of sp³-hybridized carbons (Fsp3) is 0.132. The summed E-state index contributed by atoms with van der Waals surface area (Å²) in [5.41, 5.74) is 11.2. The third kappa shape index (κ3) is 10.3. The zero-order valence-corrected chi connectivity index (χ0v) is 47.3. The number of fused-ring (bicyclic) bond motifs is 5. The maximum absolute atomic E-state index is 9.30. The second-order valence-electron chi connectivity index (χ2n) is 21.3. The van der Waals surface area contributed by atoms with Crippen molar-refractivity contribution in [2.45, 2.75) is 52.4 Å². The average molecular weight is 1230 g/mol. The van der Waals surface area contributed by atoms with E-state index >= 15 is 0 Å². The first kappa shape index (κ1) is 45.4. The van der Waals surface area contributed by atoms with Gasteiger partial charge in [-0.3, -0.25) is 4.98 Å². The van der Waals surface area contributed by atoms with Crippen molar-refractivity contribution in [2.75, 3.05) is 9.80 Å². The van der Waals surface area contributed by atoms with Crippen molar-refractivity contribution in [3.8, 4) is 28.8 Å². The summed E-state index contributed by atoms with van der Waals surface area (Å²) >= 11 is 0. The molecule has 2 N–H and O–H groups in total. The number of hydrogen-bond donors (Lipinski definition) is 2. The minimum Gasteiger partial charge on any atom is -0.503 e. The molecule has 3 aliphatic heterocycles. The van der Waals surface area contributed by atoms with E-state index in [9.17, 15) is 2.74 Å². The van der Waals surface area contributed by atoms with Crippen LogP contribution >= 0.6 is 0 Å². The number of aromatic nitrogens is 4. The van der Waals surface area contributed by atoms with E-state index in [4.69, 9.17) is 21.6 Å². The number of rotatable bonds is 8. The molecule has 3 aliphatic rings. The molecule has 0 unspecified atom stereocenters. The molecule has 0 saturated heterocycles. The number of nitrogens with one attached hydrogen (secondary N) is 2. The van der Waals surface area contributed by atoms with E-state index in [1.54, 1.807) is 36.4 Å². The molecule has 0 bridgehead atoms. The average Bonchev–Trinajstić information content (AvgIpc) is 1.59. The van der Waals surface area contributed by atoms with Crippen LogP contribution in [0.15, 0.2) is 213 Å². The minimum absolute atomic E-state index is 0. The van der Waals surface area contributed by atoms with E-state index in [1.807, 2.05) is 85.3 Å². The Bertz CT molecular complexity index is 4360. The first-order chi connectivity index (χ1) is 41.3. The van der Waals surface area contributed by atoms with Gasteiger partial charge in [0.25, 0.3) is 0 Å². The molecule has 0 fully saturated rings. The summed E-state index contributed by atoms with van der Waals surface area (Å²) in [6.07, 6.45) is 23.6. The third-order valence-corrected chi connectivity index (χ3v) is 14.0. The number of nitrogens with zero attached hydrogens (tertiary/aromatic N) is 6. The SMILES string of the molecule is [2H]c1c([2H])c([2H])c2c(c1[2H])c1ccc(Oc3[c-]c(N4[CH-]N(c5c(/C6=C/C=C\N/C=C\C=C/[B]6)cccc5/C5=C/C=C\N/C=C\C=C/[B]5)c5ccccc54)cc(-c4c(C(C)(C)C)cccc4C(C)(C)C)n3)[c-]c1n2-c1nc2ccccc2n1C([2H])([2H])[2H].[Pt]. The van der Waals surface area contributed by atoms with Crippen molar-refractivity contribution in [2.24, 2.45) is 6.98 Å². The molecule has 12 heteroatoms. The van der Waals surface area contributed by atoms with Gasteiger partial charge in [-0.1, -0.05) is 161 Å². The van der Waals surface area contributed by atoms with Gasteiger partial charge in [-0.2, -0.15) is 23.9 Å². The van der Waals surface area contributed by atoms with Gasteiger partial charge in [0.1, 0.15) is 5.88 Å². The molecule has 6 aromatic carbocycles. The summed E-state index contributed by atoms with van der Waals surface area (Å²) in [4.78, 5) is 14.6. The summed E-state index contributed by atoms with van der Waals surface area (Å²) in [6.45, 7) is 12.5. The standard InChI is InChI=1S/C68H59B2N8O.Pt/c1-67(2,3)52-25-19-26-53(68(4,5)6)64(52)57-42-46(43-63(73-57)79-47-34-35-49-48-22-8-10-30-58(48)78(62(49)44-47)66-74-56-29-9-11-31-59(56)75(66)7)76-45-77(61-33-13-12-32-60(61)76)65-50(54-27-20-40-71-38-16-14-36-69-54)23-18-24-51(65)55-28-21-41-72-39-17-15-37-70-55;/h8-42,45,71-72H,1-7H3;/q-3;/b36-14-,37-15-,38-16-,39-17-,40-20-,41-21-,54-27-,55-28-;/i7D3,8D,10D,22D,30D;. The zero-order chi connectivity index (χ0) is 60.2. The van der Waals surface area contributed by atoms with Gasteiger partial charge in [0.05, 0.1) is 16.5 Å². The first-order valence-electron chi connectivity index (χ1n) is 29.7. The molecule has 6 heterocycles. The molecule has 0 spiro atoms. The Kier molecular flexibility index (Phi) is 12.7. The van der Waals surface area contributed by atoms with Gasteiger partial charge >= 0.3 is 0 Å². The number of hydrogen-bond acceptors (Lipinski definition) is 7. The Labute approximate surface area is 495 Å². The first-order valence-corrected chi connectivity index (χ1v) is 26.2. The van der Waals surface area contributed by atoms with Gasteiger partial charge in [0.15, 0.2) is 14.6 Å². The van der Waals surface area contributed by atoms with Gasteiger partial charge in [0.2, 0.25) is 5.95 Å². The maximum Gasteiger partial charge on any atom is 0.213 e. The molecule has 3 aromatic heterocycles. The van der Waals surface area contributed by atoms with Crippen LogP contribution in [-0.4, -0.2) is 33.7 Å². The molecule has 12 rings (SSSR count). The van der Waals surface area contributed by atoms with Gasteiger partial charge in [-0.05, 0) is 104 Å². The van der Waals surface area contributed by atoms with Crippen molar-refractivity contribution < 1.29 is 35.4 Å². The molecular weight excluding hydrogens is 1160 g/mol. The van der Waals surface area contributed by atoms with E-state index in [1.165, 1.54) is 4.57 Å². The van der Waals surface area contributed by atoms with Crippen LogP contribution < -0.4 is 25.2 Å². The number of imidazole rings is 1. The molecule has 396 valence electrons. The Morgan fingerprint density at radius 2 is 1.26 bits per heavy atom. The summed E-state index contributed by atoms with van der Waals surface area (Å²) in [5, 5.41) is 6.99. The number of aryl methyl sites for hydroxylation is 1. The van der Waals surface area contributed by atoms with Crippen LogP contribution in [0.3, 0.4) is 0 Å². The van der Waals surface area contributed by atoms with Crippen LogP contribution in [0.25, 0.3) is 61.0 Å². The molecule has 2 radical (unpaired) electrons. The van der Waals surface area contributed by atoms with Crippen LogP contribution in [0.2, 0.25) is 0 Å². The van der Waals surface area contributed by atoms with Crippen molar-refractivity contribution in [3.63, 3.8) is 0 Å². The summed E-state index contributed by atoms with van der Waals surface area (Å²) < 4.78 is 71.9. The summed E-state index contributed by atoms with van der Waals surface area (Å²) in [5.74, 6) is 4.22. The van der Waals surface area contributed by atoms with Crippen LogP contribution in [0.1, 0.15) is 73.4 Å². The second kappa shape index (κ2) is 22.3. The minimum atomic E-state index is -2.76. The quantitative estimate of drug-likeness (QED) is 0.116. The zero-order valence-electron chi connectivity index (χ0n) is 52.0. The second-order valence-corrected chi connectivity index (χ2v) is 21.3. The predicted molar refractivity (Wildman–Crippen MR) is 330 cm³/mol. The topological polar surface area (TPSA) is 75.4 Å². The van der Waals surface area contributed by atoms with E-state index in [2.05, 4.69) is 162 Å². The third-order valence-electron chi connectivity index (χ3n) is 14.0. The fourth-order valence-electron chi connectivity index (χ4n) is 10.4. The number of pyridine rings is 1. The van der Waals surface area contributed by atoms with Gasteiger partial charge in [-0.15, -0.1) is 36.1 Å². The summed E-state index contributed by atoms with van der Waals surface area (Å²) in [7, 11) is 4.23. The number of anilines is 4. The van der Waals surface area contributed by atoms with Gasteiger partial charge < -0.3 is 34.3 Å². The maximum atomic E-state index is 9.30. The largest absolute Gasteiger partial charge is 0.503 e. The van der Waals surface area contributed by atoms with E-state index in [0.29, 0.717) is 27.8 Å². The van der Waals surface area contributed by atoms with E-state index < -0.39 is 19.1 Å². The molecule has 80 heavy (non-hydrogen) atoms. The van der Waals surface area contributed by atoms with Gasteiger partial charge in [-0.25, -0.2) is 4.98 Å². The monoisotopic (exact) mass is 1230 g/mol. The van der Waals surface area contributed by atoms with Gasteiger partial charge in [0, 0.05) is 85.3 Å². The molecule has 9 nitrogen and oxygen atoms in total. The van der Waals surface area contributed by atoms with E-state index in [0.717, 1.165) is 60.4 Å². The number of para-hydroxylation sites is 6. The van der Waals surface area contributed by atoms with Crippen LogP contribution in [-0.2, 0) is 38.9 Å². The molecular formula is C68H59B2N8OPt-3. The molecule has 0 saturated carbocycles. The molecule has 0 aliphatic carbocycles. The number of allylic oxidation sites excluding steroid dienone is 8. The molecule has 9 aromatic rings. The van der Waals surface area contributed by atoms with Crippen molar-refractivity contribution in [1.82, 2.24) is 29.7 Å². The predicted octanol–water partition coefficient (Wildman–Crippen LogP) is 15.5. The van der Waals surface area contributed by atoms with Crippen LogP contribution in [0.5, 0.6) is 11.6 Å². The van der Waals surface area contributed by atoms with Crippen molar-refractivity contribution in [1.29, 1.82) is 0 Å². The van der Waals surface area contributed by atoms with Crippen molar-refractivity contribution >= 4 is 81.1 Å². The normalized spacial score (nSPS) is 19.6. The number of benzene rings is 6. The van der Waals surface area contributed by atoms with Crippen LogP contribution in [0.4, 0.5) is 22.7 Å². The Balaban J connectivity index is 0.00000784. The summed E-state index contributed by atoms with van der Waals surface area (Å²) in [6, 6.07) is 38.7. The van der Waals surface area contributed by atoms with Crippen molar-refractivity contribution in [3.05, 3.63) is 254 Å². The molecule has 0 atom stereocenters.